The third-order valence-electron chi connectivity index (χ3n) is 2.49. The van der Waals surface area contributed by atoms with Crippen molar-refractivity contribution in [2.45, 2.75) is 31.3 Å². The highest BCUT2D eigenvalue weighted by molar-refractivity contribution is 7.99. The molecule has 1 unspecified atom stereocenters. The molecule has 1 aromatic heterocycles. The van der Waals surface area contributed by atoms with Gasteiger partial charge in [-0.05, 0) is 6.42 Å². The number of aromatic nitrogens is 2. The topological polar surface area (TPSA) is 67.2 Å². The monoisotopic (exact) mass is 241 g/mol. The second-order valence-electron chi connectivity index (χ2n) is 3.81. The summed E-state index contributed by atoms with van der Waals surface area (Å²) >= 11 is 1.62. The number of carboxylic acids is 1. The number of aliphatic carboxylic acids is 1. The first-order chi connectivity index (χ1) is 7.70. The van der Waals surface area contributed by atoms with E-state index in [-0.39, 0.29) is 5.37 Å². The van der Waals surface area contributed by atoms with Crippen molar-refractivity contribution in [1.29, 1.82) is 0 Å². The largest absolute Gasteiger partial charge is 0.480 e. The molecule has 2 heterocycles. The number of rotatable bonds is 4. The van der Waals surface area contributed by atoms with E-state index >= 15 is 0 Å². The molecule has 88 valence electrons. The number of aryl methyl sites for hydroxylation is 1. The molecule has 0 spiro atoms. The van der Waals surface area contributed by atoms with E-state index in [4.69, 9.17) is 5.11 Å². The molecule has 0 saturated carbocycles. The Labute approximate surface area is 98.2 Å². The lowest BCUT2D eigenvalue weighted by atomic mass is 10.3. The van der Waals surface area contributed by atoms with Gasteiger partial charge in [0.2, 0.25) is 0 Å². The molecule has 2 atom stereocenters. The fourth-order valence-corrected chi connectivity index (χ4v) is 2.87. The van der Waals surface area contributed by atoms with Crippen molar-refractivity contribution in [3.05, 3.63) is 18.0 Å². The summed E-state index contributed by atoms with van der Waals surface area (Å²) in [5.74, 6) is -0.171. The standard InChI is InChI=1S/C10H15N3O2S/c1-2-3-13-5-7(4-11-13)9-12-8(6-16-9)10(14)15/h4-5,8-9,12H,2-3,6H2,1H3,(H,14,15)/t8-,9?/m0/s1. The van der Waals surface area contributed by atoms with Crippen LogP contribution in [0.25, 0.3) is 0 Å². The summed E-state index contributed by atoms with van der Waals surface area (Å²) in [6.07, 6.45) is 4.84. The fraction of sp³-hybridized carbons (Fsp3) is 0.600. The first kappa shape index (κ1) is 11.5. The highest BCUT2D eigenvalue weighted by atomic mass is 32.2. The third-order valence-corrected chi connectivity index (χ3v) is 3.76. The minimum atomic E-state index is -0.782. The Bertz CT molecular complexity index is 380. The first-order valence-electron chi connectivity index (χ1n) is 5.33. The zero-order valence-corrected chi connectivity index (χ0v) is 9.91. The van der Waals surface area contributed by atoms with E-state index in [2.05, 4.69) is 17.3 Å². The molecular formula is C10H15N3O2S. The van der Waals surface area contributed by atoms with Gasteiger partial charge in [-0.2, -0.15) is 5.10 Å². The highest BCUT2D eigenvalue weighted by Crippen LogP contribution is 2.32. The van der Waals surface area contributed by atoms with Crippen LogP contribution >= 0.6 is 11.8 Å². The third kappa shape index (κ3) is 2.38. The van der Waals surface area contributed by atoms with Crippen molar-refractivity contribution in [3.8, 4) is 0 Å². The maximum atomic E-state index is 10.8. The predicted octanol–water partition coefficient (Wildman–Crippen LogP) is 1.08. The molecule has 2 rings (SSSR count). The van der Waals surface area contributed by atoms with E-state index < -0.39 is 12.0 Å². The number of carbonyl (C=O) groups is 1. The Kier molecular flexibility index (Phi) is 3.50. The van der Waals surface area contributed by atoms with Gasteiger partial charge in [-0.3, -0.25) is 14.8 Å². The van der Waals surface area contributed by atoms with E-state index in [1.807, 2.05) is 17.1 Å². The summed E-state index contributed by atoms with van der Waals surface area (Å²) in [5.41, 5.74) is 1.06. The number of hydrogen-bond donors (Lipinski definition) is 2. The highest BCUT2D eigenvalue weighted by Gasteiger charge is 2.30. The lowest BCUT2D eigenvalue weighted by molar-refractivity contribution is -0.138. The summed E-state index contributed by atoms with van der Waals surface area (Å²) in [6, 6.07) is -0.440. The molecular weight excluding hydrogens is 226 g/mol. The number of thioether (sulfide) groups is 1. The van der Waals surface area contributed by atoms with Gasteiger partial charge in [0.05, 0.1) is 11.6 Å². The molecule has 1 aliphatic rings. The van der Waals surface area contributed by atoms with Gasteiger partial charge in [0.25, 0.3) is 0 Å². The second kappa shape index (κ2) is 4.88. The molecule has 0 amide bonds. The van der Waals surface area contributed by atoms with Crippen LogP contribution < -0.4 is 5.32 Å². The van der Waals surface area contributed by atoms with Crippen LogP contribution in [-0.4, -0.2) is 32.7 Å². The SMILES string of the molecule is CCCn1cc(C2N[C@H](C(=O)O)CS2)cn1. The molecule has 0 radical (unpaired) electrons. The van der Waals surface area contributed by atoms with Crippen molar-refractivity contribution < 1.29 is 9.90 Å². The smallest absolute Gasteiger partial charge is 0.321 e. The zero-order valence-electron chi connectivity index (χ0n) is 9.09. The molecule has 0 bridgehead atoms. The van der Waals surface area contributed by atoms with Crippen LogP contribution in [0.1, 0.15) is 24.3 Å². The van der Waals surface area contributed by atoms with E-state index in [0.717, 1.165) is 18.5 Å². The number of nitrogens with zero attached hydrogens (tertiary/aromatic N) is 2. The Morgan fingerprint density at radius 1 is 1.81 bits per heavy atom. The summed E-state index contributed by atoms with van der Waals surface area (Å²) in [5, 5.41) is 16.2. The van der Waals surface area contributed by atoms with Gasteiger partial charge >= 0.3 is 5.97 Å². The van der Waals surface area contributed by atoms with Crippen molar-refractivity contribution >= 4 is 17.7 Å². The molecule has 2 N–H and O–H groups in total. The average Bonchev–Trinajstić information content (AvgIpc) is 2.84. The molecule has 0 aromatic carbocycles. The quantitative estimate of drug-likeness (QED) is 0.825. The van der Waals surface area contributed by atoms with Gasteiger partial charge in [-0.25, -0.2) is 0 Å². The van der Waals surface area contributed by atoms with Gasteiger partial charge in [-0.1, -0.05) is 6.92 Å². The van der Waals surface area contributed by atoms with Gasteiger partial charge in [0.15, 0.2) is 0 Å². The predicted molar refractivity (Wildman–Crippen MR) is 62.3 cm³/mol. The van der Waals surface area contributed by atoms with Crippen molar-refractivity contribution in [1.82, 2.24) is 15.1 Å². The van der Waals surface area contributed by atoms with Gasteiger partial charge in [0.1, 0.15) is 6.04 Å². The van der Waals surface area contributed by atoms with Crippen LogP contribution in [0.4, 0.5) is 0 Å². The summed E-state index contributed by atoms with van der Waals surface area (Å²) in [6.45, 7) is 3.00. The van der Waals surface area contributed by atoms with Crippen LogP contribution in [0.2, 0.25) is 0 Å². The lowest BCUT2D eigenvalue weighted by Crippen LogP contribution is -2.33. The van der Waals surface area contributed by atoms with E-state index in [9.17, 15) is 4.79 Å². The summed E-state index contributed by atoms with van der Waals surface area (Å²) < 4.78 is 1.89. The minimum Gasteiger partial charge on any atom is -0.480 e. The molecule has 1 fully saturated rings. The lowest BCUT2D eigenvalue weighted by Gasteiger charge is -2.07. The van der Waals surface area contributed by atoms with Crippen molar-refractivity contribution in [2.24, 2.45) is 0 Å². The number of carboxylic acid groups (broad SMARTS) is 1. The van der Waals surface area contributed by atoms with Gasteiger partial charge in [-0.15, -0.1) is 11.8 Å². The number of hydrogen-bond acceptors (Lipinski definition) is 4. The summed E-state index contributed by atoms with van der Waals surface area (Å²) in [7, 11) is 0. The normalized spacial score (nSPS) is 24.8. The van der Waals surface area contributed by atoms with Crippen LogP contribution in [0.15, 0.2) is 12.4 Å². The molecule has 0 aliphatic carbocycles. The maximum absolute atomic E-state index is 10.8. The van der Waals surface area contributed by atoms with E-state index in [1.54, 1.807) is 11.8 Å². The van der Waals surface area contributed by atoms with Crippen molar-refractivity contribution in [2.75, 3.05) is 5.75 Å². The zero-order chi connectivity index (χ0) is 11.5. The van der Waals surface area contributed by atoms with Crippen molar-refractivity contribution in [3.63, 3.8) is 0 Å². The molecule has 1 aromatic rings. The Hall–Kier alpha value is -1.01. The van der Waals surface area contributed by atoms with E-state index in [1.165, 1.54) is 0 Å². The summed E-state index contributed by atoms with van der Waals surface area (Å²) in [4.78, 5) is 10.8. The van der Waals surface area contributed by atoms with Gasteiger partial charge in [0, 0.05) is 24.1 Å². The number of nitrogens with one attached hydrogen (secondary N) is 1. The molecule has 6 heteroatoms. The first-order valence-corrected chi connectivity index (χ1v) is 6.38. The fourth-order valence-electron chi connectivity index (χ4n) is 1.67. The van der Waals surface area contributed by atoms with E-state index in [0.29, 0.717) is 5.75 Å². The van der Waals surface area contributed by atoms with Crippen LogP contribution in [0.3, 0.4) is 0 Å². The van der Waals surface area contributed by atoms with Crippen LogP contribution in [-0.2, 0) is 11.3 Å². The molecule has 1 saturated heterocycles. The van der Waals surface area contributed by atoms with Crippen LogP contribution in [0, 0.1) is 0 Å². The Morgan fingerprint density at radius 2 is 2.62 bits per heavy atom. The molecule has 1 aliphatic heterocycles. The van der Waals surface area contributed by atoms with Gasteiger partial charge < -0.3 is 5.11 Å². The van der Waals surface area contributed by atoms with Crippen LogP contribution in [0.5, 0.6) is 0 Å². The average molecular weight is 241 g/mol. The minimum absolute atomic E-state index is 0.0618. The maximum Gasteiger partial charge on any atom is 0.321 e. The Morgan fingerprint density at radius 3 is 3.25 bits per heavy atom. The second-order valence-corrected chi connectivity index (χ2v) is 4.95. The molecule has 16 heavy (non-hydrogen) atoms. The molecule has 5 nitrogen and oxygen atoms in total. The Balaban J connectivity index is 2.00.